The maximum absolute atomic E-state index is 12.4. The van der Waals surface area contributed by atoms with Gasteiger partial charge in [0, 0.05) is 18.3 Å². The summed E-state index contributed by atoms with van der Waals surface area (Å²) in [5.74, 6) is -0.303. The van der Waals surface area contributed by atoms with Crippen molar-refractivity contribution in [2.75, 3.05) is 11.5 Å². The van der Waals surface area contributed by atoms with Crippen LogP contribution in [0.15, 0.2) is 77.4 Å². The van der Waals surface area contributed by atoms with Crippen molar-refractivity contribution in [2.45, 2.75) is 24.4 Å². The van der Waals surface area contributed by atoms with Crippen molar-refractivity contribution >= 4 is 32.7 Å². The maximum atomic E-state index is 12.4. The minimum atomic E-state index is -3.09. The van der Waals surface area contributed by atoms with Gasteiger partial charge in [0.15, 0.2) is 15.0 Å². The number of amidine groups is 1. The number of nitrogens with one attached hydrogen (secondary N) is 1. The van der Waals surface area contributed by atoms with Crippen LogP contribution in [0.4, 0.5) is 0 Å². The Morgan fingerprint density at radius 3 is 2.44 bits per heavy atom. The fraction of sp³-hybridized carbons (Fsp3) is 0.261. The molecule has 32 heavy (non-hydrogen) atoms. The Hall–Kier alpha value is -3.09. The molecule has 2 aromatic carbocycles. The number of hydrogen-bond acceptors (Lipinski definition) is 6. The zero-order valence-electron chi connectivity index (χ0n) is 17.2. The number of rotatable bonds is 6. The van der Waals surface area contributed by atoms with Crippen LogP contribution in [0.25, 0.3) is 0 Å². The molecule has 2 atom stereocenters. The van der Waals surface area contributed by atoms with Crippen molar-refractivity contribution < 1.29 is 13.2 Å². The molecule has 2 fully saturated rings. The number of amides is 1. The first-order valence-corrected chi connectivity index (χ1v) is 12.8. The molecule has 164 valence electrons. The summed E-state index contributed by atoms with van der Waals surface area (Å²) in [4.78, 5) is 18.9. The van der Waals surface area contributed by atoms with E-state index in [9.17, 15) is 18.5 Å². The summed E-state index contributed by atoms with van der Waals surface area (Å²) in [7, 11) is -3.09. The van der Waals surface area contributed by atoms with Gasteiger partial charge in [-0.05, 0) is 11.1 Å². The summed E-state index contributed by atoms with van der Waals surface area (Å²) >= 11 is 1.40. The summed E-state index contributed by atoms with van der Waals surface area (Å²) in [5.41, 5.74) is 1.87. The van der Waals surface area contributed by atoms with Gasteiger partial charge >= 0.3 is 0 Å². The molecule has 2 heterocycles. The van der Waals surface area contributed by atoms with Gasteiger partial charge in [-0.15, -0.1) is 0 Å². The standard InChI is InChI=1S/C23H22N4O3S2/c24-11-19(22(28)25-12-17-7-3-1-4-8-17)13-26-23-27(14-18-9-5-2-6-10-18)20-15-32(29,30)16-21(20)31-23/h1-10,13,20-21H,12,14-16H2,(H,25,28)/b19-13+,26-23?/t20-,21+/m1/s1. The van der Waals surface area contributed by atoms with Gasteiger partial charge in [0.25, 0.3) is 5.91 Å². The summed E-state index contributed by atoms with van der Waals surface area (Å²) < 4.78 is 24.3. The molecule has 0 unspecified atom stereocenters. The fourth-order valence-electron chi connectivity index (χ4n) is 3.75. The zero-order chi connectivity index (χ0) is 22.6. The second kappa shape index (κ2) is 9.59. The number of nitriles is 1. The molecular formula is C23H22N4O3S2. The molecule has 2 aliphatic rings. The second-order valence-corrected chi connectivity index (χ2v) is 11.0. The number of hydrogen-bond donors (Lipinski definition) is 1. The van der Waals surface area contributed by atoms with E-state index in [2.05, 4.69) is 10.3 Å². The Kier molecular flexibility index (Phi) is 6.63. The molecule has 2 saturated heterocycles. The van der Waals surface area contributed by atoms with Crippen LogP contribution in [0.2, 0.25) is 0 Å². The predicted molar refractivity (Wildman–Crippen MR) is 125 cm³/mol. The number of fused-ring (bicyclic) bond motifs is 1. The number of carbonyl (C=O) groups is 1. The third kappa shape index (κ3) is 5.21. The first kappa shape index (κ1) is 22.1. The average Bonchev–Trinajstić information content (AvgIpc) is 3.26. The largest absolute Gasteiger partial charge is 0.347 e. The van der Waals surface area contributed by atoms with Gasteiger partial charge in [-0.25, -0.2) is 13.4 Å². The molecule has 1 amide bonds. The molecular weight excluding hydrogens is 444 g/mol. The van der Waals surface area contributed by atoms with Gasteiger partial charge in [-0.2, -0.15) is 5.26 Å². The number of thioether (sulfide) groups is 1. The number of aliphatic imine (C=N–C) groups is 1. The molecule has 1 N–H and O–H groups in total. The van der Waals surface area contributed by atoms with Crippen LogP contribution >= 0.6 is 11.8 Å². The highest BCUT2D eigenvalue weighted by Gasteiger charge is 2.48. The van der Waals surface area contributed by atoms with Gasteiger partial charge in [0.2, 0.25) is 0 Å². The van der Waals surface area contributed by atoms with E-state index in [0.717, 1.165) is 11.1 Å². The molecule has 2 aromatic rings. The Morgan fingerprint density at radius 2 is 1.78 bits per heavy atom. The molecule has 0 radical (unpaired) electrons. The highest BCUT2D eigenvalue weighted by Crippen LogP contribution is 2.39. The van der Waals surface area contributed by atoms with Crippen molar-refractivity contribution in [3.05, 3.63) is 83.6 Å². The predicted octanol–water partition coefficient (Wildman–Crippen LogP) is 2.48. The molecule has 9 heteroatoms. The molecule has 0 aliphatic carbocycles. The molecule has 7 nitrogen and oxygen atoms in total. The maximum Gasteiger partial charge on any atom is 0.263 e. The molecule has 0 bridgehead atoms. The lowest BCUT2D eigenvalue weighted by Gasteiger charge is -2.24. The lowest BCUT2D eigenvalue weighted by atomic mass is 10.1. The fourth-order valence-corrected chi connectivity index (χ4v) is 7.67. The van der Waals surface area contributed by atoms with Crippen LogP contribution in [-0.4, -0.2) is 47.2 Å². The number of nitrogens with zero attached hydrogens (tertiary/aromatic N) is 3. The van der Waals surface area contributed by atoms with Crippen LogP contribution < -0.4 is 5.32 Å². The van der Waals surface area contributed by atoms with Gasteiger partial charge in [-0.1, -0.05) is 72.4 Å². The van der Waals surface area contributed by atoms with Gasteiger partial charge in [0.1, 0.15) is 11.6 Å². The van der Waals surface area contributed by atoms with Crippen LogP contribution in [0.5, 0.6) is 0 Å². The Labute approximate surface area is 191 Å². The molecule has 0 spiro atoms. The monoisotopic (exact) mass is 466 g/mol. The van der Waals surface area contributed by atoms with E-state index in [4.69, 9.17) is 0 Å². The SMILES string of the molecule is N#C/C(=C\N=C1S[C@H]2CS(=O)(=O)C[C@H]2N1Cc1ccccc1)C(=O)NCc1ccccc1. The van der Waals surface area contributed by atoms with Crippen molar-refractivity contribution in [3.8, 4) is 6.07 Å². The first-order chi connectivity index (χ1) is 15.4. The number of carbonyl (C=O) groups excluding carboxylic acids is 1. The number of benzene rings is 2. The van der Waals surface area contributed by atoms with Crippen LogP contribution in [0, 0.1) is 11.3 Å². The third-order valence-corrected chi connectivity index (χ3v) is 8.60. The van der Waals surface area contributed by atoms with E-state index in [1.54, 1.807) is 0 Å². The van der Waals surface area contributed by atoms with E-state index in [1.165, 1.54) is 18.0 Å². The minimum absolute atomic E-state index is 0.0862. The van der Waals surface area contributed by atoms with Crippen LogP contribution in [0.3, 0.4) is 0 Å². The highest BCUT2D eigenvalue weighted by atomic mass is 32.2. The Bertz CT molecular complexity index is 1190. The molecule has 0 saturated carbocycles. The van der Waals surface area contributed by atoms with Gasteiger partial charge in [0.05, 0.1) is 23.7 Å². The summed E-state index contributed by atoms with van der Waals surface area (Å²) in [6.07, 6.45) is 1.27. The zero-order valence-corrected chi connectivity index (χ0v) is 18.8. The summed E-state index contributed by atoms with van der Waals surface area (Å²) in [6, 6.07) is 20.9. The number of sulfone groups is 1. The van der Waals surface area contributed by atoms with Crippen LogP contribution in [-0.2, 0) is 27.7 Å². The second-order valence-electron chi connectivity index (χ2n) is 7.65. The van der Waals surface area contributed by atoms with Gasteiger partial charge in [-0.3, -0.25) is 4.79 Å². The Morgan fingerprint density at radius 1 is 1.12 bits per heavy atom. The van der Waals surface area contributed by atoms with Crippen molar-refractivity contribution in [3.63, 3.8) is 0 Å². The van der Waals surface area contributed by atoms with Crippen molar-refractivity contribution in [1.29, 1.82) is 5.26 Å². The summed E-state index contributed by atoms with van der Waals surface area (Å²) in [6.45, 7) is 0.825. The average molecular weight is 467 g/mol. The Balaban J connectivity index is 1.52. The first-order valence-electron chi connectivity index (χ1n) is 10.1. The van der Waals surface area contributed by atoms with Crippen molar-refractivity contribution in [2.24, 2.45) is 4.99 Å². The molecule has 0 aromatic heterocycles. The highest BCUT2D eigenvalue weighted by molar-refractivity contribution is 8.15. The van der Waals surface area contributed by atoms with Gasteiger partial charge < -0.3 is 10.2 Å². The van der Waals surface area contributed by atoms with E-state index < -0.39 is 15.7 Å². The quantitative estimate of drug-likeness (QED) is 0.518. The normalized spacial score (nSPS) is 23.0. The minimum Gasteiger partial charge on any atom is -0.347 e. The smallest absolute Gasteiger partial charge is 0.263 e. The van der Waals surface area contributed by atoms with E-state index in [1.807, 2.05) is 71.6 Å². The van der Waals surface area contributed by atoms with E-state index in [0.29, 0.717) is 18.3 Å². The topological polar surface area (TPSA) is 103 Å². The lowest BCUT2D eigenvalue weighted by Crippen LogP contribution is -2.36. The summed E-state index contributed by atoms with van der Waals surface area (Å²) in [5, 5.41) is 12.7. The van der Waals surface area contributed by atoms with E-state index in [-0.39, 0.29) is 28.4 Å². The lowest BCUT2D eigenvalue weighted by molar-refractivity contribution is -0.117. The molecule has 4 rings (SSSR count). The van der Waals surface area contributed by atoms with Crippen molar-refractivity contribution in [1.82, 2.24) is 10.2 Å². The third-order valence-electron chi connectivity index (χ3n) is 5.34. The van der Waals surface area contributed by atoms with Crippen LogP contribution in [0.1, 0.15) is 11.1 Å². The molecule has 2 aliphatic heterocycles. The van der Waals surface area contributed by atoms with E-state index >= 15 is 0 Å².